The highest BCUT2D eigenvalue weighted by Crippen LogP contribution is 2.23. The van der Waals surface area contributed by atoms with Gasteiger partial charge in [-0.2, -0.15) is 0 Å². The van der Waals surface area contributed by atoms with E-state index in [-0.39, 0.29) is 12.2 Å². The van der Waals surface area contributed by atoms with Crippen molar-refractivity contribution >= 4 is 27.8 Å². The number of carbonyl (C=O) groups is 1. The monoisotopic (exact) mass is 453 g/mol. The molecule has 0 amide bonds. The highest BCUT2D eigenvalue weighted by Gasteiger charge is 2.13. The number of ether oxygens (including phenoxy) is 2. The summed E-state index contributed by atoms with van der Waals surface area (Å²) in [4.78, 5) is 28.1. The molecule has 5 aromatic rings. The van der Waals surface area contributed by atoms with E-state index in [9.17, 15) is 14.7 Å². The summed E-state index contributed by atoms with van der Waals surface area (Å²) in [6, 6.07) is 25.0. The van der Waals surface area contributed by atoms with E-state index in [1.54, 1.807) is 42.5 Å². The number of nitrogens with zero attached hydrogens (tertiary/aromatic N) is 1. The molecule has 0 saturated heterocycles. The first kappa shape index (κ1) is 21.2. The van der Waals surface area contributed by atoms with Gasteiger partial charge in [0.25, 0.3) is 0 Å². The molecule has 0 spiro atoms. The van der Waals surface area contributed by atoms with E-state index in [1.807, 2.05) is 36.4 Å². The normalized spacial score (nSPS) is 10.9. The van der Waals surface area contributed by atoms with Crippen LogP contribution in [0.25, 0.3) is 21.9 Å². The van der Waals surface area contributed by atoms with Gasteiger partial charge < -0.3 is 19.0 Å². The average molecular weight is 453 g/mol. The van der Waals surface area contributed by atoms with E-state index in [4.69, 9.17) is 13.9 Å². The maximum atomic E-state index is 12.2. The zero-order valence-electron chi connectivity index (χ0n) is 17.9. The van der Waals surface area contributed by atoms with Crippen LogP contribution < -0.4 is 14.9 Å². The molecule has 2 aromatic heterocycles. The number of rotatable bonds is 7. The van der Waals surface area contributed by atoms with Gasteiger partial charge in [-0.1, -0.05) is 36.4 Å². The fourth-order valence-corrected chi connectivity index (χ4v) is 3.59. The van der Waals surface area contributed by atoms with E-state index in [0.717, 1.165) is 22.7 Å². The van der Waals surface area contributed by atoms with Gasteiger partial charge in [-0.05, 0) is 42.5 Å². The molecular formula is C27H19NO6. The van der Waals surface area contributed by atoms with Crippen molar-refractivity contribution in [3.8, 4) is 11.5 Å². The van der Waals surface area contributed by atoms with E-state index < -0.39 is 17.2 Å². The molecule has 168 valence electrons. The van der Waals surface area contributed by atoms with Gasteiger partial charge in [0.05, 0.1) is 16.6 Å². The second kappa shape index (κ2) is 9.07. The minimum absolute atomic E-state index is 0.102. The second-order valence-electron chi connectivity index (χ2n) is 7.62. The van der Waals surface area contributed by atoms with Gasteiger partial charge in [-0.3, -0.25) is 4.79 Å². The molecule has 3 aromatic carbocycles. The standard InChI is InChI=1S/C27H19NO6/c29-24-14-25(27(30)31)34-26-18(5-3-6-22(24)26)15-32-20-10-12-21(13-11-20)33-16-19-9-8-17-4-1-2-7-23(17)28-19/h1-14H,15-16H2,(H,30,31). The van der Waals surface area contributed by atoms with Crippen molar-refractivity contribution in [3.63, 3.8) is 0 Å². The molecular weight excluding hydrogens is 434 g/mol. The van der Waals surface area contributed by atoms with Crippen molar-refractivity contribution in [2.75, 3.05) is 0 Å². The van der Waals surface area contributed by atoms with Gasteiger partial charge in [0.1, 0.15) is 30.3 Å². The van der Waals surface area contributed by atoms with Gasteiger partial charge in [0.2, 0.25) is 5.76 Å². The van der Waals surface area contributed by atoms with Crippen LogP contribution in [-0.2, 0) is 13.2 Å². The summed E-state index contributed by atoms with van der Waals surface area (Å²) in [6.45, 7) is 0.441. The average Bonchev–Trinajstić information content (AvgIpc) is 2.86. The first-order valence-electron chi connectivity index (χ1n) is 10.6. The molecule has 0 aliphatic carbocycles. The predicted molar refractivity (Wildman–Crippen MR) is 126 cm³/mol. The van der Waals surface area contributed by atoms with Crippen molar-refractivity contribution in [1.82, 2.24) is 4.98 Å². The van der Waals surface area contributed by atoms with E-state index in [1.165, 1.54) is 0 Å². The molecule has 0 fully saturated rings. The van der Waals surface area contributed by atoms with Crippen molar-refractivity contribution in [1.29, 1.82) is 0 Å². The van der Waals surface area contributed by atoms with Gasteiger partial charge in [0, 0.05) is 17.0 Å². The number of pyridine rings is 1. The maximum Gasteiger partial charge on any atom is 0.371 e. The van der Waals surface area contributed by atoms with Crippen LogP contribution in [0.2, 0.25) is 0 Å². The lowest BCUT2D eigenvalue weighted by Crippen LogP contribution is -2.08. The molecule has 0 bridgehead atoms. The van der Waals surface area contributed by atoms with E-state index >= 15 is 0 Å². The lowest BCUT2D eigenvalue weighted by atomic mass is 10.1. The topological polar surface area (TPSA) is 98.9 Å². The molecule has 0 atom stereocenters. The molecule has 0 radical (unpaired) electrons. The third kappa shape index (κ3) is 4.45. The molecule has 0 aliphatic rings. The van der Waals surface area contributed by atoms with Gasteiger partial charge in [-0.15, -0.1) is 0 Å². The van der Waals surface area contributed by atoms with E-state index in [0.29, 0.717) is 29.1 Å². The summed E-state index contributed by atoms with van der Waals surface area (Å²) in [5.74, 6) is -0.453. The SMILES string of the molecule is O=C(O)c1cc(=O)c2cccc(COc3ccc(OCc4ccc5ccccc5n4)cc3)c2o1. The lowest BCUT2D eigenvalue weighted by Gasteiger charge is -2.10. The number of fused-ring (bicyclic) bond motifs is 2. The molecule has 0 saturated carbocycles. The Labute approximate surface area is 193 Å². The largest absolute Gasteiger partial charge is 0.489 e. The minimum Gasteiger partial charge on any atom is -0.489 e. The van der Waals surface area contributed by atoms with Gasteiger partial charge in [-0.25, -0.2) is 9.78 Å². The number of carboxylic acids is 1. The summed E-state index contributed by atoms with van der Waals surface area (Å²) in [6.07, 6.45) is 0. The van der Waals surface area contributed by atoms with Crippen LogP contribution in [0.4, 0.5) is 0 Å². The summed E-state index contributed by atoms with van der Waals surface area (Å²) < 4.78 is 17.1. The van der Waals surface area contributed by atoms with Crippen molar-refractivity contribution in [2.45, 2.75) is 13.2 Å². The number of aromatic nitrogens is 1. The summed E-state index contributed by atoms with van der Waals surface area (Å²) in [5.41, 5.74) is 2.11. The Morgan fingerprint density at radius 3 is 2.35 bits per heavy atom. The first-order valence-corrected chi connectivity index (χ1v) is 10.6. The predicted octanol–water partition coefficient (Wildman–Crippen LogP) is 5.20. The minimum atomic E-state index is -1.30. The Hall–Kier alpha value is -4.65. The van der Waals surface area contributed by atoms with Crippen LogP contribution in [-0.4, -0.2) is 16.1 Å². The molecule has 7 nitrogen and oxygen atoms in total. The van der Waals surface area contributed by atoms with Crippen LogP contribution in [0.5, 0.6) is 11.5 Å². The highest BCUT2D eigenvalue weighted by atomic mass is 16.5. The number of hydrogen-bond acceptors (Lipinski definition) is 6. The Balaban J connectivity index is 1.26. The maximum absolute atomic E-state index is 12.2. The molecule has 5 rings (SSSR count). The Morgan fingerprint density at radius 1 is 0.853 bits per heavy atom. The molecule has 34 heavy (non-hydrogen) atoms. The zero-order chi connectivity index (χ0) is 23.5. The van der Waals surface area contributed by atoms with Crippen LogP contribution in [0.15, 0.2) is 94.1 Å². The smallest absolute Gasteiger partial charge is 0.371 e. The van der Waals surface area contributed by atoms with Crippen LogP contribution in [0, 0.1) is 0 Å². The van der Waals surface area contributed by atoms with Crippen molar-refractivity contribution in [2.24, 2.45) is 0 Å². The lowest BCUT2D eigenvalue weighted by molar-refractivity contribution is 0.0663. The number of para-hydroxylation sites is 2. The number of carboxylic acid groups (broad SMARTS) is 1. The summed E-state index contributed by atoms with van der Waals surface area (Å²) in [5, 5.41) is 10.6. The van der Waals surface area contributed by atoms with Gasteiger partial charge in [0.15, 0.2) is 5.43 Å². The fourth-order valence-electron chi connectivity index (χ4n) is 3.59. The van der Waals surface area contributed by atoms with Crippen LogP contribution in [0.3, 0.4) is 0 Å². The Morgan fingerprint density at radius 2 is 1.59 bits per heavy atom. The van der Waals surface area contributed by atoms with Crippen molar-refractivity contribution in [3.05, 3.63) is 112 Å². The zero-order valence-corrected chi connectivity index (χ0v) is 17.9. The van der Waals surface area contributed by atoms with Crippen LogP contribution >= 0.6 is 0 Å². The Bertz CT molecular complexity index is 1560. The first-order chi connectivity index (χ1) is 16.6. The number of hydrogen-bond donors (Lipinski definition) is 1. The van der Waals surface area contributed by atoms with Crippen LogP contribution in [0.1, 0.15) is 21.8 Å². The summed E-state index contributed by atoms with van der Waals surface area (Å²) in [7, 11) is 0. The van der Waals surface area contributed by atoms with Gasteiger partial charge >= 0.3 is 5.97 Å². The number of aromatic carboxylic acids is 1. The highest BCUT2D eigenvalue weighted by molar-refractivity contribution is 5.88. The third-order valence-electron chi connectivity index (χ3n) is 5.31. The van der Waals surface area contributed by atoms with E-state index in [2.05, 4.69) is 4.98 Å². The quantitative estimate of drug-likeness (QED) is 0.362. The molecule has 2 heterocycles. The molecule has 0 aliphatic heterocycles. The summed E-state index contributed by atoms with van der Waals surface area (Å²) >= 11 is 0. The molecule has 7 heteroatoms. The second-order valence-corrected chi connectivity index (χ2v) is 7.62. The molecule has 1 N–H and O–H groups in total. The number of benzene rings is 3. The molecule has 0 unspecified atom stereocenters. The Kier molecular flexibility index (Phi) is 5.66. The third-order valence-corrected chi connectivity index (χ3v) is 5.31. The van der Waals surface area contributed by atoms with Crippen molar-refractivity contribution < 1.29 is 23.8 Å². The fraction of sp³-hybridized carbons (Fsp3) is 0.0741.